The van der Waals surface area contributed by atoms with E-state index in [1.54, 1.807) is 4.90 Å². The molecule has 3 atom stereocenters. The topological polar surface area (TPSA) is 64.6 Å². The minimum atomic E-state index is -1.30. The van der Waals surface area contributed by atoms with Crippen molar-refractivity contribution < 1.29 is 18.5 Å². The van der Waals surface area contributed by atoms with Crippen LogP contribution >= 0.6 is 0 Å². The van der Waals surface area contributed by atoms with Crippen LogP contribution in [0.4, 0.5) is 9.18 Å². The molecule has 5 nitrogen and oxygen atoms in total. The fourth-order valence-electron chi connectivity index (χ4n) is 3.64. The number of ether oxygens (including phenoxy) is 1. The molecule has 1 saturated carbocycles. The summed E-state index contributed by atoms with van der Waals surface area (Å²) in [4.78, 5) is 13.9. The summed E-state index contributed by atoms with van der Waals surface area (Å²) < 4.78 is 35.1. The number of piperidine rings is 1. The molecule has 146 valence electrons. The highest BCUT2D eigenvalue weighted by Crippen LogP contribution is 2.48. The fraction of sp³-hybridized carbons (Fsp3) is 0.944. The molecule has 1 amide bonds. The Morgan fingerprint density at radius 3 is 2.24 bits per heavy atom. The molecule has 2 rings (SSSR count). The zero-order chi connectivity index (χ0) is 19.0. The lowest BCUT2D eigenvalue weighted by Gasteiger charge is -2.43. The Kier molecular flexibility index (Phi) is 6.01. The van der Waals surface area contributed by atoms with Gasteiger partial charge in [-0.1, -0.05) is 0 Å². The van der Waals surface area contributed by atoms with Gasteiger partial charge in [0.2, 0.25) is 0 Å². The van der Waals surface area contributed by atoms with Gasteiger partial charge in [0.15, 0.2) is 0 Å². The molecule has 0 bridgehead atoms. The summed E-state index contributed by atoms with van der Waals surface area (Å²) in [5.41, 5.74) is -0.740. The van der Waals surface area contributed by atoms with Crippen molar-refractivity contribution in [3.63, 3.8) is 0 Å². The van der Waals surface area contributed by atoms with Crippen molar-refractivity contribution >= 4 is 17.5 Å². The zero-order valence-electron chi connectivity index (χ0n) is 16.4. The molecule has 7 heteroatoms. The van der Waals surface area contributed by atoms with Crippen LogP contribution in [0, 0.1) is 5.41 Å². The number of carbonyl (C=O) groups excluding carboxylic acids is 1. The Morgan fingerprint density at radius 1 is 1.20 bits per heavy atom. The van der Waals surface area contributed by atoms with Gasteiger partial charge in [0, 0.05) is 24.5 Å². The van der Waals surface area contributed by atoms with E-state index in [4.69, 9.17) is 4.74 Å². The van der Waals surface area contributed by atoms with Crippen molar-refractivity contribution in [3.05, 3.63) is 0 Å². The normalized spacial score (nSPS) is 28.2. The van der Waals surface area contributed by atoms with Gasteiger partial charge in [-0.3, -0.25) is 0 Å². The Labute approximate surface area is 154 Å². The number of halogens is 1. The number of nitrogens with zero attached hydrogens (tertiary/aromatic N) is 1. The second-order valence-electron chi connectivity index (χ2n) is 9.36. The molecule has 25 heavy (non-hydrogen) atoms. The van der Waals surface area contributed by atoms with E-state index in [-0.39, 0.29) is 11.5 Å². The third-order valence-corrected chi connectivity index (χ3v) is 6.72. The smallest absolute Gasteiger partial charge is 0.410 e. The molecule has 1 aliphatic heterocycles. The molecule has 0 radical (unpaired) electrons. The quantitative estimate of drug-likeness (QED) is 0.749. The van der Waals surface area contributed by atoms with E-state index in [0.717, 1.165) is 6.42 Å². The number of amides is 1. The Bertz CT molecular complexity index is 482. The SMILES string of the molecule is CC(C)(C)OC(=O)N1CCC2(CCC(F)[C@H]2N[S@+]([O-])C(C)(C)C)CC1. The van der Waals surface area contributed by atoms with E-state index in [0.29, 0.717) is 32.4 Å². The van der Waals surface area contributed by atoms with Gasteiger partial charge in [-0.25, -0.2) is 9.18 Å². The van der Waals surface area contributed by atoms with Crippen LogP contribution in [0.1, 0.15) is 67.2 Å². The third kappa shape index (κ3) is 5.01. The standard InChI is InChI=1S/C18H33FN2O3S/c1-16(2,3)24-15(22)21-11-9-18(10-12-21)8-7-13(19)14(18)20-25(23)17(4,5)6/h13-14,20H,7-12H2,1-6H3/t13?,14-,25-/m1/s1. The second-order valence-corrected chi connectivity index (χ2v) is 11.4. The predicted octanol–water partition coefficient (Wildman–Crippen LogP) is 3.56. The summed E-state index contributed by atoms with van der Waals surface area (Å²) >= 11 is -1.30. The first-order valence-electron chi connectivity index (χ1n) is 9.14. The fourth-order valence-corrected chi connectivity index (χ4v) is 4.63. The molecule has 2 fully saturated rings. The molecule has 1 heterocycles. The van der Waals surface area contributed by atoms with Crippen molar-refractivity contribution in [2.24, 2.45) is 5.41 Å². The summed E-state index contributed by atoms with van der Waals surface area (Å²) in [5, 5.41) is 0. The molecule has 2 aliphatic rings. The summed E-state index contributed by atoms with van der Waals surface area (Å²) in [5.74, 6) is 0. The largest absolute Gasteiger partial charge is 0.598 e. The molecule has 1 spiro atoms. The van der Waals surface area contributed by atoms with Gasteiger partial charge in [-0.15, -0.1) is 4.72 Å². The van der Waals surface area contributed by atoms with Crippen LogP contribution < -0.4 is 4.72 Å². The van der Waals surface area contributed by atoms with Crippen molar-refractivity contribution in [1.29, 1.82) is 0 Å². The summed E-state index contributed by atoms with van der Waals surface area (Å²) in [6.07, 6.45) is 1.40. The molecule has 0 aromatic heterocycles. The molecule has 1 saturated heterocycles. The maximum atomic E-state index is 14.5. The predicted molar refractivity (Wildman–Crippen MR) is 98.4 cm³/mol. The number of hydrogen-bond donors (Lipinski definition) is 1. The van der Waals surface area contributed by atoms with Crippen LogP contribution in [-0.2, 0) is 16.1 Å². The number of alkyl halides is 1. The van der Waals surface area contributed by atoms with E-state index >= 15 is 0 Å². The van der Waals surface area contributed by atoms with Gasteiger partial charge in [0.1, 0.15) is 16.5 Å². The maximum absolute atomic E-state index is 14.5. The van der Waals surface area contributed by atoms with Crippen LogP contribution in [-0.4, -0.2) is 51.2 Å². The summed E-state index contributed by atoms with van der Waals surface area (Å²) in [6.45, 7) is 12.3. The lowest BCUT2D eigenvalue weighted by Crippen LogP contribution is -2.56. The van der Waals surface area contributed by atoms with Crippen molar-refractivity contribution in [1.82, 2.24) is 9.62 Å². The van der Waals surface area contributed by atoms with Crippen molar-refractivity contribution in [2.75, 3.05) is 13.1 Å². The lowest BCUT2D eigenvalue weighted by atomic mass is 9.74. The number of carbonyl (C=O) groups is 1. The average Bonchev–Trinajstić information content (AvgIpc) is 2.75. The monoisotopic (exact) mass is 376 g/mol. The van der Waals surface area contributed by atoms with Crippen LogP contribution in [0.2, 0.25) is 0 Å². The van der Waals surface area contributed by atoms with Crippen LogP contribution in [0.3, 0.4) is 0 Å². The molecule has 1 N–H and O–H groups in total. The van der Waals surface area contributed by atoms with E-state index in [2.05, 4.69) is 4.72 Å². The zero-order valence-corrected chi connectivity index (χ0v) is 17.2. The Hall–Kier alpha value is -0.530. The van der Waals surface area contributed by atoms with Gasteiger partial charge in [0.25, 0.3) is 0 Å². The van der Waals surface area contributed by atoms with Crippen molar-refractivity contribution in [3.8, 4) is 0 Å². The highest BCUT2D eigenvalue weighted by Gasteiger charge is 2.53. The third-order valence-electron chi connectivity index (χ3n) is 5.14. The van der Waals surface area contributed by atoms with Gasteiger partial charge in [-0.2, -0.15) is 0 Å². The molecule has 0 aromatic rings. The van der Waals surface area contributed by atoms with E-state index in [1.165, 1.54) is 0 Å². The highest BCUT2D eigenvalue weighted by molar-refractivity contribution is 7.90. The first kappa shape index (κ1) is 20.8. The Morgan fingerprint density at radius 2 is 1.76 bits per heavy atom. The number of rotatable bonds is 2. The van der Waals surface area contributed by atoms with Crippen LogP contribution in [0.15, 0.2) is 0 Å². The number of likely N-dealkylation sites (tertiary alicyclic amines) is 1. The molecule has 0 aromatic carbocycles. The summed E-state index contributed by atoms with van der Waals surface area (Å²) in [7, 11) is 0. The molecule has 1 unspecified atom stereocenters. The first-order valence-corrected chi connectivity index (χ1v) is 10.3. The van der Waals surface area contributed by atoms with Gasteiger partial charge in [0.05, 0.1) is 6.04 Å². The van der Waals surface area contributed by atoms with Gasteiger partial charge in [-0.05, 0) is 72.6 Å². The number of hydrogen-bond acceptors (Lipinski definition) is 4. The maximum Gasteiger partial charge on any atom is 0.410 e. The van der Waals surface area contributed by atoms with E-state index in [9.17, 15) is 13.7 Å². The average molecular weight is 377 g/mol. The molecular weight excluding hydrogens is 343 g/mol. The summed E-state index contributed by atoms with van der Waals surface area (Å²) in [6, 6.07) is -0.409. The minimum Gasteiger partial charge on any atom is -0.598 e. The van der Waals surface area contributed by atoms with E-state index in [1.807, 2.05) is 41.5 Å². The minimum absolute atomic E-state index is 0.223. The van der Waals surface area contributed by atoms with Crippen LogP contribution in [0.25, 0.3) is 0 Å². The van der Waals surface area contributed by atoms with Gasteiger partial charge >= 0.3 is 6.09 Å². The first-order chi connectivity index (χ1) is 11.3. The van der Waals surface area contributed by atoms with Crippen LogP contribution in [0.5, 0.6) is 0 Å². The second kappa shape index (κ2) is 7.24. The molecular formula is C18H33FN2O3S. The molecule has 1 aliphatic carbocycles. The lowest BCUT2D eigenvalue weighted by molar-refractivity contribution is 0.00682. The van der Waals surface area contributed by atoms with Gasteiger partial charge < -0.3 is 14.2 Å². The number of nitrogens with one attached hydrogen (secondary N) is 1. The Balaban J connectivity index is 2.01. The van der Waals surface area contributed by atoms with Crippen molar-refractivity contribution in [2.45, 2.75) is 89.8 Å². The van der Waals surface area contributed by atoms with E-state index < -0.39 is 33.9 Å². The highest BCUT2D eigenvalue weighted by atomic mass is 32.2.